The second kappa shape index (κ2) is 2.43. The van der Waals surface area contributed by atoms with Gasteiger partial charge in [-0.3, -0.25) is 0 Å². The topological polar surface area (TPSA) is 58.1 Å². The molecule has 1 aliphatic rings. The smallest absolute Gasteiger partial charge is 0.152 e. The largest absolute Gasteiger partial charge is 0.379 e. The first-order valence-electron chi connectivity index (χ1n) is 3.73. The Labute approximate surface area is 69.9 Å². The number of aromatic amines is 1. The highest BCUT2D eigenvalue weighted by Crippen LogP contribution is 2.27. The summed E-state index contributed by atoms with van der Waals surface area (Å²) in [6, 6.07) is 0. The van der Waals surface area contributed by atoms with E-state index in [1.807, 2.05) is 0 Å². The maximum Gasteiger partial charge on any atom is 0.152 e. The van der Waals surface area contributed by atoms with E-state index in [0.717, 1.165) is 0 Å². The molecule has 1 aromatic heterocycles. The average Bonchev–Trinajstić information content (AvgIpc) is 2.48. The molecule has 0 amide bonds. The number of imidazole rings is 1. The lowest BCUT2D eigenvalue weighted by atomic mass is 9.99. The molecule has 0 saturated carbocycles. The van der Waals surface area contributed by atoms with Crippen molar-refractivity contribution >= 4 is 6.08 Å². The summed E-state index contributed by atoms with van der Waals surface area (Å²) in [6.07, 6.45) is 3.21. The zero-order valence-corrected chi connectivity index (χ0v) is 6.58. The molecule has 0 atom stereocenters. The molecule has 0 spiro atoms. The fraction of sp³-hybridized carbons (Fsp3) is 0.375. The van der Waals surface area contributed by atoms with E-state index in [-0.39, 0.29) is 0 Å². The number of nitrogens with one attached hydrogen (secondary N) is 1. The zero-order chi connectivity index (χ0) is 8.60. The summed E-state index contributed by atoms with van der Waals surface area (Å²) < 4.78 is 4.91. The van der Waals surface area contributed by atoms with E-state index in [4.69, 9.17) is 4.74 Å². The highest BCUT2D eigenvalue weighted by atomic mass is 16.5. The molecule has 0 bridgehead atoms. The molecule has 12 heavy (non-hydrogen) atoms. The van der Waals surface area contributed by atoms with Crippen molar-refractivity contribution in [2.24, 2.45) is 0 Å². The van der Waals surface area contributed by atoms with Crippen molar-refractivity contribution in [1.82, 2.24) is 9.97 Å². The molecule has 4 nitrogen and oxygen atoms in total. The number of ether oxygens (including phenoxy) is 1. The van der Waals surface area contributed by atoms with Crippen molar-refractivity contribution in [3.8, 4) is 0 Å². The first-order chi connectivity index (χ1) is 5.74. The molecule has 2 rings (SSSR count). The van der Waals surface area contributed by atoms with Gasteiger partial charge in [0.15, 0.2) is 5.60 Å². The number of H-pyrrole nitrogens is 1. The van der Waals surface area contributed by atoms with E-state index in [1.165, 1.54) is 0 Å². The van der Waals surface area contributed by atoms with Crippen LogP contribution in [0.15, 0.2) is 12.8 Å². The van der Waals surface area contributed by atoms with E-state index in [9.17, 15) is 5.11 Å². The Hall–Kier alpha value is -1.13. The third-order valence-corrected chi connectivity index (χ3v) is 1.97. The fourth-order valence-electron chi connectivity index (χ4n) is 1.13. The summed E-state index contributed by atoms with van der Waals surface area (Å²) >= 11 is 0. The molecule has 1 aliphatic heterocycles. The second-order valence-corrected chi connectivity index (χ2v) is 2.91. The molecule has 2 heterocycles. The first-order valence-corrected chi connectivity index (χ1v) is 3.73. The van der Waals surface area contributed by atoms with Gasteiger partial charge in [0.25, 0.3) is 0 Å². The van der Waals surface area contributed by atoms with Crippen LogP contribution in [-0.2, 0) is 10.3 Å². The van der Waals surface area contributed by atoms with Crippen LogP contribution in [0.2, 0.25) is 0 Å². The minimum Gasteiger partial charge on any atom is -0.379 e. The predicted molar refractivity (Wildman–Crippen MR) is 43.4 cm³/mol. The summed E-state index contributed by atoms with van der Waals surface area (Å²) in [6.45, 7) is 4.24. The van der Waals surface area contributed by atoms with Gasteiger partial charge in [0.05, 0.1) is 25.1 Å². The molecule has 1 fully saturated rings. The Morgan fingerprint density at radius 1 is 1.75 bits per heavy atom. The maximum absolute atomic E-state index is 9.76. The van der Waals surface area contributed by atoms with Gasteiger partial charge in [-0.05, 0) is 6.08 Å². The lowest BCUT2D eigenvalue weighted by Gasteiger charge is -2.34. The van der Waals surface area contributed by atoms with Crippen molar-refractivity contribution in [2.75, 3.05) is 13.2 Å². The van der Waals surface area contributed by atoms with Crippen LogP contribution >= 0.6 is 0 Å². The van der Waals surface area contributed by atoms with Crippen molar-refractivity contribution in [3.63, 3.8) is 0 Å². The molecular formula is C8H10N2O2. The van der Waals surface area contributed by atoms with Crippen LogP contribution in [0.5, 0.6) is 0 Å². The first kappa shape index (κ1) is 7.52. The Morgan fingerprint density at radius 3 is 2.92 bits per heavy atom. The average molecular weight is 166 g/mol. The fourth-order valence-corrected chi connectivity index (χ4v) is 1.13. The number of hydrogen-bond acceptors (Lipinski definition) is 3. The van der Waals surface area contributed by atoms with E-state index in [2.05, 4.69) is 16.5 Å². The van der Waals surface area contributed by atoms with Gasteiger partial charge in [0, 0.05) is 0 Å². The standard InChI is InChI=1S/C8H10N2O2/c1-2-7-9-3-6(10-7)8(11)4-12-5-8/h2-3,11H,1,4-5H2,(H,9,10). The van der Waals surface area contributed by atoms with E-state index >= 15 is 0 Å². The lowest BCUT2D eigenvalue weighted by molar-refractivity contribution is -0.186. The van der Waals surface area contributed by atoms with Crippen molar-refractivity contribution in [3.05, 3.63) is 24.3 Å². The molecule has 64 valence electrons. The molecule has 1 aromatic rings. The van der Waals surface area contributed by atoms with Crippen LogP contribution in [-0.4, -0.2) is 28.3 Å². The SMILES string of the molecule is C=Cc1ncc(C2(O)COC2)[nH]1. The van der Waals surface area contributed by atoms with Crippen LogP contribution in [0.1, 0.15) is 11.5 Å². The normalized spacial score (nSPS) is 20.1. The van der Waals surface area contributed by atoms with Gasteiger partial charge in [0.1, 0.15) is 5.82 Å². The molecule has 0 radical (unpaired) electrons. The van der Waals surface area contributed by atoms with Crippen molar-refractivity contribution < 1.29 is 9.84 Å². The van der Waals surface area contributed by atoms with Gasteiger partial charge in [-0.15, -0.1) is 0 Å². The number of rotatable bonds is 2. The van der Waals surface area contributed by atoms with E-state index in [0.29, 0.717) is 24.7 Å². The van der Waals surface area contributed by atoms with Gasteiger partial charge in [0.2, 0.25) is 0 Å². The maximum atomic E-state index is 9.76. The van der Waals surface area contributed by atoms with Gasteiger partial charge in [-0.1, -0.05) is 6.58 Å². The Bertz CT molecular complexity index is 302. The van der Waals surface area contributed by atoms with Gasteiger partial charge in [-0.2, -0.15) is 0 Å². The Morgan fingerprint density at radius 2 is 2.50 bits per heavy atom. The predicted octanol–water partition coefficient (Wildman–Crippen LogP) is 0.271. The zero-order valence-electron chi connectivity index (χ0n) is 6.58. The molecular weight excluding hydrogens is 156 g/mol. The van der Waals surface area contributed by atoms with Gasteiger partial charge in [-0.25, -0.2) is 4.98 Å². The van der Waals surface area contributed by atoms with Crippen molar-refractivity contribution in [1.29, 1.82) is 0 Å². The van der Waals surface area contributed by atoms with Gasteiger partial charge >= 0.3 is 0 Å². The molecule has 2 N–H and O–H groups in total. The van der Waals surface area contributed by atoms with Crippen molar-refractivity contribution in [2.45, 2.75) is 5.60 Å². The highest BCUT2D eigenvalue weighted by molar-refractivity contribution is 5.37. The van der Waals surface area contributed by atoms with E-state index in [1.54, 1.807) is 12.3 Å². The minimum atomic E-state index is -0.853. The Kier molecular flexibility index (Phi) is 1.52. The summed E-state index contributed by atoms with van der Waals surface area (Å²) in [5, 5.41) is 9.76. The van der Waals surface area contributed by atoms with Crippen LogP contribution in [0.25, 0.3) is 6.08 Å². The number of nitrogens with zero attached hydrogens (tertiary/aromatic N) is 1. The number of hydrogen-bond donors (Lipinski definition) is 2. The van der Waals surface area contributed by atoms with E-state index < -0.39 is 5.60 Å². The van der Waals surface area contributed by atoms with Crippen LogP contribution in [0.3, 0.4) is 0 Å². The van der Waals surface area contributed by atoms with Crippen LogP contribution in [0, 0.1) is 0 Å². The molecule has 4 heteroatoms. The molecule has 0 unspecified atom stereocenters. The minimum absolute atomic E-state index is 0.339. The lowest BCUT2D eigenvalue weighted by Crippen LogP contribution is -2.46. The summed E-state index contributed by atoms with van der Waals surface area (Å²) in [5.74, 6) is 0.672. The summed E-state index contributed by atoms with van der Waals surface area (Å²) in [5.41, 5.74) is -0.155. The van der Waals surface area contributed by atoms with Gasteiger partial charge < -0.3 is 14.8 Å². The second-order valence-electron chi connectivity index (χ2n) is 2.91. The summed E-state index contributed by atoms with van der Waals surface area (Å²) in [7, 11) is 0. The molecule has 0 aliphatic carbocycles. The van der Waals surface area contributed by atoms with Crippen LogP contribution < -0.4 is 0 Å². The third kappa shape index (κ3) is 0.964. The molecule has 1 saturated heterocycles. The molecule has 0 aromatic carbocycles. The third-order valence-electron chi connectivity index (χ3n) is 1.97. The number of aliphatic hydroxyl groups is 1. The number of aromatic nitrogens is 2. The Balaban J connectivity index is 2.27. The quantitative estimate of drug-likeness (QED) is 0.663. The van der Waals surface area contributed by atoms with Crippen LogP contribution in [0.4, 0.5) is 0 Å². The highest BCUT2D eigenvalue weighted by Gasteiger charge is 2.39. The monoisotopic (exact) mass is 166 g/mol. The summed E-state index contributed by atoms with van der Waals surface area (Å²) in [4.78, 5) is 6.94.